The van der Waals surface area contributed by atoms with Crippen LogP contribution in [-0.2, 0) is 0 Å². The number of fused-ring (bicyclic) bond motifs is 42. The number of hydrogen-bond donors (Lipinski definition) is 0. The number of aromatic nitrogens is 14. The lowest BCUT2D eigenvalue weighted by molar-refractivity contribution is 1.02. The van der Waals surface area contributed by atoms with Crippen molar-refractivity contribution in [1.29, 1.82) is 0 Å². The third kappa shape index (κ3) is 11.5. The average Bonchev–Trinajstić information content (AvgIpc) is 1.53. The van der Waals surface area contributed by atoms with Crippen LogP contribution in [0.3, 0.4) is 0 Å². The number of benzene rings is 20. The van der Waals surface area contributed by atoms with E-state index in [1.54, 1.807) is 0 Å². The van der Waals surface area contributed by atoms with Gasteiger partial charge in [-0.3, -0.25) is 28.7 Å². The van der Waals surface area contributed by atoms with Gasteiger partial charge in [-0.2, -0.15) is 0 Å². The maximum absolute atomic E-state index is 5.53. The van der Waals surface area contributed by atoms with E-state index in [-0.39, 0.29) is 0 Å². The Morgan fingerprint density at radius 2 is 0.514 bits per heavy atom. The average molecular weight is 1810 g/mol. The Bertz CT molecular complexity index is 11000. The van der Waals surface area contributed by atoms with Gasteiger partial charge in [0.25, 0.3) is 0 Å². The summed E-state index contributed by atoms with van der Waals surface area (Å²) in [5.41, 5.74) is 20.6. The highest BCUT2D eigenvalue weighted by molar-refractivity contribution is 6.40. The molecule has 32 rings (SSSR count). The minimum Gasteiger partial charge on any atom is -0.308 e. The molecule has 0 amide bonds. The van der Waals surface area contributed by atoms with E-state index in [4.69, 9.17) is 24.9 Å². The highest BCUT2D eigenvalue weighted by atomic mass is 15.2. The summed E-state index contributed by atoms with van der Waals surface area (Å²) in [6, 6.07) is 146. The summed E-state index contributed by atoms with van der Waals surface area (Å²) in [5, 5.41) is 35.0. The number of hydrogen-bond acceptors (Lipinski definition) is 8. The van der Waals surface area contributed by atoms with Gasteiger partial charge in [0.15, 0.2) is 0 Å². The molecule has 658 valence electrons. The van der Waals surface area contributed by atoms with Crippen molar-refractivity contribution in [2.45, 2.75) is 0 Å². The van der Waals surface area contributed by atoms with E-state index in [0.717, 1.165) is 181 Å². The van der Waals surface area contributed by atoms with Crippen LogP contribution in [0.15, 0.2) is 462 Å². The number of pyridine rings is 4. The molecule has 12 heterocycles. The van der Waals surface area contributed by atoms with Gasteiger partial charge in [0.2, 0.25) is 11.9 Å². The van der Waals surface area contributed by atoms with Crippen molar-refractivity contribution in [1.82, 2.24) is 67.3 Å². The van der Waals surface area contributed by atoms with Crippen molar-refractivity contribution in [3.63, 3.8) is 0 Å². The zero-order valence-corrected chi connectivity index (χ0v) is 76.1. The predicted octanol–water partition coefficient (Wildman–Crippen LogP) is 32.0. The van der Waals surface area contributed by atoms with Crippen LogP contribution in [0.4, 0.5) is 0 Å². The molecule has 0 aliphatic rings. The Hall–Kier alpha value is -19.4. The fourth-order valence-electron chi connectivity index (χ4n) is 23.6. The van der Waals surface area contributed by atoms with Gasteiger partial charge in [-0.15, -0.1) is 0 Å². The third-order valence-electron chi connectivity index (χ3n) is 29.4. The van der Waals surface area contributed by atoms with Crippen molar-refractivity contribution >= 4 is 239 Å². The zero-order valence-electron chi connectivity index (χ0n) is 76.1. The molecule has 0 unspecified atom stereocenters. The van der Waals surface area contributed by atoms with Crippen molar-refractivity contribution in [3.8, 4) is 46.0 Å². The molecule has 0 bridgehead atoms. The molecular weight excluding hydrogens is 1730 g/mol. The first-order chi connectivity index (χ1) is 70.6. The summed E-state index contributed by atoms with van der Waals surface area (Å²) in [6.45, 7) is 0. The molecule has 0 N–H and O–H groups in total. The van der Waals surface area contributed by atoms with Gasteiger partial charge < -0.3 is 13.7 Å². The highest BCUT2D eigenvalue weighted by Gasteiger charge is 2.32. The van der Waals surface area contributed by atoms with E-state index in [0.29, 0.717) is 11.9 Å². The van der Waals surface area contributed by atoms with Gasteiger partial charge >= 0.3 is 0 Å². The van der Waals surface area contributed by atoms with Crippen LogP contribution in [0.5, 0.6) is 0 Å². The van der Waals surface area contributed by atoms with Crippen LogP contribution >= 0.6 is 0 Å². The van der Waals surface area contributed by atoms with Gasteiger partial charge in [0.05, 0.1) is 82.9 Å². The fraction of sp³-hybridized carbons (Fsp3) is 0. The minimum absolute atomic E-state index is 0.643. The van der Waals surface area contributed by atoms with Crippen LogP contribution in [-0.4, -0.2) is 67.3 Å². The van der Waals surface area contributed by atoms with E-state index in [2.05, 4.69) is 461 Å². The van der Waals surface area contributed by atoms with Crippen molar-refractivity contribution in [2.24, 2.45) is 0 Å². The van der Waals surface area contributed by atoms with Crippen LogP contribution in [0, 0.1) is 0 Å². The molecule has 14 nitrogen and oxygen atoms in total. The largest absolute Gasteiger partial charge is 0.308 e. The zero-order chi connectivity index (χ0) is 92.9. The molecule has 14 heteroatoms. The van der Waals surface area contributed by atoms with Crippen molar-refractivity contribution in [2.75, 3.05) is 0 Å². The first-order valence-corrected chi connectivity index (χ1v) is 48.0. The van der Waals surface area contributed by atoms with E-state index >= 15 is 0 Å². The smallest absolute Gasteiger partial charge is 0.235 e. The van der Waals surface area contributed by atoms with Crippen LogP contribution < -0.4 is 0 Å². The summed E-state index contributed by atoms with van der Waals surface area (Å²) in [4.78, 5) is 40.6. The Labute approximate surface area is 808 Å². The molecule has 0 aliphatic carbocycles. The molecule has 0 atom stereocenters. The predicted molar refractivity (Wildman–Crippen MR) is 588 cm³/mol. The molecule has 0 saturated heterocycles. The third-order valence-corrected chi connectivity index (χ3v) is 29.4. The topological polar surface area (TPSA) is 133 Å². The molecule has 0 aliphatic heterocycles. The molecule has 0 fully saturated rings. The van der Waals surface area contributed by atoms with Crippen LogP contribution in [0.2, 0.25) is 0 Å². The lowest BCUT2D eigenvalue weighted by Crippen LogP contribution is -2.04. The summed E-state index contributed by atoms with van der Waals surface area (Å²) < 4.78 is 14.1. The van der Waals surface area contributed by atoms with E-state index < -0.39 is 0 Å². The molecule has 12 aromatic heterocycles. The second-order valence-corrected chi connectivity index (χ2v) is 36.7. The number of para-hydroxylation sites is 9. The maximum atomic E-state index is 5.53. The quantitative estimate of drug-likeness (QED) is 0.144. The first-order valence-electron chi connectivity index (χ1n) is 48.0. The summed E-state index contributed by atoms with van der Waals surface area (Å²) in [5.74, 6) is 2.20. The molecular formula is C128H76N14. The fourth-order valence-corrected chi connectivity index (χ4v) is 23.6. The Morgan fingerprint density at radius 3 is 0.972 bits per heavy atom. The number of nitrogens with zero attached hydrogens (tertiary/aromatic N) is 14. The van der Waals surface area contributed by atoms with E-state index in [9.17, 15) is 0 Å². The molecule has 0 spiro atoms. The minimum atomic E-state index is 0.643. The Balaban J connectivity index is 0.0000000998. The molecule has 32 aromatic rings. The second kappa shape index (κ2) is 31.0. The van der Waals surface area contributed by atoms with E-state index in [1.165, 1.54) is 91.6 Å². The normalized spacial score (nSPS) is 12.1. The van der Waals surface area contributed by atoms with Gasteiger partial charge in [-0.1, -0.05) is 309 Å². The molecule has 0 radical (unpaired) electrons. The molecule has 0 saturated carbocycles. The molecule has 142 heavy (non-hydrogen) atoms. The maximum Gasteiger partial charge on any atom is 0.235 e. The van der Waals surface area contributed by atoms with Crippen LogP contribution in [0.25, 0.3) is 285 Å². The SMILES string of the molecule is c1ccc(-c2nc(-n3c4ccccc4c4c5ccncc5c5c(c6ccccc6n5-c5ccccc5)c43)nc3ccc4ccccc4c23)cc1.c1ccc(-n2c3ccccc3c3c2c2cnccc2c2c4ccccc4n(-c4cc5c6ccccc6c6ccccc6c5cn4)c23)cc1.c1ccc(-n2c3ccccc3c3c2c2cnccc2c2c4ccccc4n(-c4ncc5ccc6ccccc6c5n4)c23)cc1. The Kier molecular flexibility index (Phi) is 17.2. The van der Waals surface area contributed by atoms with E-state index in [1.807, 2.05) is 43.4 Å². The van der Waals surface area contributed by atoms with Gasteiger partial charge in [-0.25, -0.2) is 24.9 Å². The van der Waals surface area contributed by atoms with Gasteiger partial charge in [0, 0.05) is 175 Å². The second-order valence-electron chi connectivity index (χ2n) is 36.7. The number of rotatable bonds is 7. The monoisotopic (exact) mass is 1810 g/mol. The Morgan fingerprint density at radius 1 is 0.176 bits per heavy atom. The highest BCUT2D eigenvalue weighted by Crippen LogP contribution is 2.53. The lowest BCUT2D eigenvalue weighted by atomic mass is 9.95. The van der Waals surface area contributed by atoms with Crippen molar-refractivity contribution < 1.29 is 0 Å². The standard InChI is InChI=1S/C45H27N5.C44H26N4.C39H23N5/c1-3-14-29(15-4-1)42-40-31-18-8-7-13-28(31)23-24-36(40)47-45(48-42)50-38-22-12-9-19-33(38)39-32-25-26-46-27-35(32)43-41(44(39)50)34-20-10-11-21-37(34)49(43)30-16-5-2-6-17-30;1-2-12-27(13-3-1)47-38-20-10-9-19-34(38)42-43(47)37-25-45-23-22-32(37)41-33-18-8-11-21-39(33)48(44(41)42)40-24-35-30-16-6-4-14-28(30)29-15-5-7-17-31(29)36(35)26-46-40;1-2-11-26(12-3-1)43-32-16-8-7-15-30(32)35-37(43)31-23-40-21-20-28(31)34-29-14-6-9-17-33(29)44(38(34)35)39-41-22-25-19-18-24-10-4-5-13-27(24)36(25)42-39/h1-27H;1-26H;1-23H. The summed E-state index contributed by atoms with van der Waals surface area (Å²) in [6.07, 6.45) is 15.8. The first kappa shape index (κ1) is 78.8. The van der Waals surface area contributed by atoms with Gasteiger partial charge in [0.1, 0.15) is 5.82 Å². The van der Waals surface area contributed by atoms with Crippen molar-refractivity contribution in [3.05, 3.63) is 462 Å². The van der Waals surface area contributed by atoms with Gasteiger partial charge in [-0.05, 0) is 162 Å². The lowest BCUT2D eigenvalue weighted by Gasteiger charge is -2.14. The summed E-state index contributed by atoms with van der Waals surface area (Å²) >= 11 is 0. The molecule has 20 aromatic carbocycles. The van der Waals surface area contributed by atoms with Crippen LogP contribution in [0.1, 0.15) is 0 Å². The summed E-state index contributed by atoms with van der Waals surface area (Å²) in [7, 11) is 0.